The Bertz CT molecular complexity index is 956. The molecule has 1 heterocycles. The lowest BCUT2D eigenvalue weighted by atomic mass is 10.1. The van der Waals surface area contributed by atoms with E-state index in [2.05, 4.69) is 21.2 Å². The zero-order valence-corrected chi connectivity index (χ0v) is 14.3. The van der Waals surface area contributed by atoms with E-state index in [0.717, 1.165) is 21.3 Å². The number of nitrogens with one attached hydrogen (secondary N) is 1. The lowest BCUT2D eigenvalue weighted by molar-refractivity contribution is -0.116. The van der Waals surface area contributed by atoms with Gasteiger partial charge in [0, 0.05) is 10.2 Å². The quantitative estimate of drug-likeness (QED) is 0.761. The molecule has 23 heavy (non-hydrogen) atoms. The van der Waals surface area contributed by atoms with Crippen LogP contribution in [0.15, 0.2) is 50.1 Å². The van der Waals surface area contributed by atoms with E-state index in [1.54, 1.807) is 24.3 Å². The van der Waals surface area contributed by atoms with Gasteiger partial charge < -0.3 is 9.73 Å². The molecule has 1 amide bonds. The van der Waals surface area contributed by atoms with Gasteiger partial charge in [0.05, 0.1) is 5.52 Å². The number of carbonyl (C=O) groups excluding carboxylic acids is 1. The number of hydrogen-bond donors (Lipinski definition) is 1. The van der Waals surface area contributed by atoms with Crippen molar-refractivity contribution >= 4 is 38.6 Å². The zero-order valence-electron chi connectivity index (χ0n) is 12.7. The minimum Gasteiger partial charge on any atom is -0.408 e. The number of carbonyl (C=O) groups is 1. The molecular weight excluding hydrogens is 360 g/mol. The first kappa shape index (κ1) is 15.6. The Labute approximate surface area is 141 Å². The Balaban J connectivity index is 1.86. The number of nitrogens with zero attached hydrogens (tertiary/aromatic N) is 1. The van der Waals surface area contributed by atoms with Crippen molar-refractivity contribution in [1.29, 1.82) is 0 Å². The molecule has 3 aromatic rings. The molecule has 0 aliphatic heterocycles. The summed E-state index contributed by atoms with van der Waals surface area (Å²) in [6.07, 6.45) is 0. The van der Waals surface area contributed by atoms with Gasteiger partial charge in [-0.1, -0.05) is 28.1 Å². The van der Waals surface area contributed by atoms with Crippen LogP contribution in [0.3, 0.4) is 0 Å². The van der Waals surface area contributed by atoms with Gasteiger partial charge in [-0.25, -0.2) is 4.79 Å². The molecule has 0 unspecified atom stereocenters. The van der Waals surface area contributed by atoms with Gasteiger partial charge in [0.2, 0.25) is 5.91 Å². The lowest BCUT2D eigenvalue weighted by Gasteiger charge is -2.12. The molecule has 0 saturated carbocycles. The predicted molar refractivity (Wildman–Crippen MR) is 92.7 cm³/mol. The maximum absolute atomic E-state index is 12.3. The minimum absolute atomic E-state index is 0.0929. The van der Waals surface area contributed by atoms with Crippen molar-refractivity contribution in [1.82, 2.24) is 4.57 Å². The minimum atomic E-state index is -0.537. The van der Waals surface area contributed by atoms with Crippen LogP contribution in [0.25, 0.3) is 11.1 Å². The number of halogens is 1. The van der Waals surface area contributed by atoms with Crippen molar-refractivity contribution in [3.8, 4) is 0 Å². The fourth-order valence-electron chi connectivity index (χ4n) is 2.42. The van der Waals surface area contributed by atoms with E-state index in [9.17, 15) is 9.59 Å². The van der Waals surface area contributed by atoms with Crippen LogP contribution in [0.5, 0.6) is 0 Å². The fourth-order valence-corrected chi connectivity index (χ4v) is 2.85. The van der Waals surface area contributed by atoms with Crippen LogP contribution in [0.2, 0.25) is 0 Å². The maximum Gasteiger partial charge on any atom is 0.420 e. The van der Waals surface area contributed by atoms with E-state index in [0.29, 0.717) is 11.1 Å². The average Bonchev–Trinajstić information content (AvgIpc) is 2.84. The van der Waals surface area contributed by atoms with E-state index in [1.807, 2.05) is 26.0 Å². The van der Waals surface area contributed by atoms with Crippen LogP contribution in [0, 0.1) is 13.8 Å². The first-order chi connectivity index (χ1) is 11.0. The van der Waals surface area contributed by atoms with Crippen LogP contribution in [0.1, 0.15) is 11.1 Å². The molecule has 1 aromatic heterocycles. The molecule has 3 rings (SSSR count). The van der Waals surface area contributed by atoms with Crippen molar-refractivity contribution in [2.24, 2.45) is 0 Å². The van der Waals surface area contributed by atoms with E-state index < -0.39 is 5.76 Å². The van der Waals surface area contributed by atoms with Crippen molar-refractivity contribution in [3.05, 3.63) is 62.5 Å². The van der Waals surface area contributed by atoms with Crippen LogP contribution in [0.4, 0.5) is 5.69 Å². The Morgan fingerprint density at radius 2 is 1.91 bits per heavy atom. The third-order valence-corrected chi connectivity index (χ3v) is 4.73. The number of fused-ring (bicyclic) bond motifs is 1. The Morgan fingerprint density at radius 3 is 2.70 bits per heavy atom. The topological polar surface area (TPSA) is 64.2 Å². The average molecular weight is 375 g/mol. The molecule has 1 N–H and O–H groups in total. The van der Waals surface area contributed by atoms with Crippen LogP contribution >= 0.6 is 15.9 Å². The monoisotopic (exact) mass is 374 g/mol. The van der Waals surface area contributed by atoms with Gasteiger partial charge in [0.15, 0.2) is 5.58 Å². The van der Waals surface area contributed by atoms with Gasteiger partial charge in [0.1, 0.15) is 6.54 Å². The molecule has 5 nitrogen and oxygen atoms in total. The standard InChI is InChI=1S/C17H15BrN2O3/c1-10-11(2)13(8-7-12(10)18)19-16(21)9-20-14-5-3-4-6-15(14)23-17(20)22/h3-8H,9H2,1-2H3,(H,19,21). The highest BCUT2D eigenvalue weighted by Crippen LogP contribution is 2.25. The van der Waals surface area contributed by atoms with Gasteiger partial charge in [0.25, 0.3) is 0 Å². The summed E-state index contributed by atoms with van der Waals surface area (Å²) in [5.41, 5.74) is 3.86. The van der Waals surface area contributed by atoms with Crippen LogP contribution < -0.4 is 11.1 Å². The molecule has 0 radical (unpaired) electrons. The molecule has 0 saturated heterocycles. The van der Waals surface area contributed by atoms with E-state index >= 15 is 0 Å². The number of para-hydroxylation sites is 2. The first-order valence-corrected chi connectivity index (χ1v) is 7.90. The second-order valence-corrected chi connectivity index (χ2v) is 6.17. The summed E-state index contributed by atoms with van der Waals surface area (Å²) in [5.74, 6) is -0.812. The molecule has 2 aromatic carbocycles. The largest absolute Gasteiger partial charge is 0.420 e. The molecular formula is C17H15BrN2O3. The summed E-state index contributed by atoms with van der Waals surface area (Å²) in [6.45, 7) is 3.82. The third-order valence-electron chi connectivity index (χ3n) is 3.87. The summed E-state index contributed by atoms with van der Waals surface area (Å²) in [7, 11) is 0. The van der Waals surface area contributed by atoms with Crippen LogP contribution in [-0.4, -0.2) is 10.5 Å². The summed E-state index contributed by atoms with van der Waals surface area (Å²) in [4.78, 5) is 24.2. The number of rotatable bonds is 3. The van der Waals surface area contributed by atoms with Gasteiger partial charge in [-0.05, 0) is 49.2 Å². The molecule has 0 atom stereocenters. The number of amides is 1. The van der Waals surface area contributed by atoms with Gasteiger partial charge in [-0.2, -0.15) is 0 Å². The normalized spacial score (nSPS) is 10.9. The van der Waals surface area contributed by atoms with E-state index in [-0.39, 0.29) is 12.5 Å². The van der Waals surface area contributed by atoms with Gasteiger partial charge in [-0.15, -0.1) is 0 Å². The van der Waals surface area contributed by atoms with Crippen molar-refractivity contribution in [3.63, 3.8) is 0 Å². The van der Waals surface area contributed by atoms with Crippen molar-refractivity contribution in [2.45, 2.75) is 20.4 Å². The smallest absolute Gasteiger partial charge is 0.408 e. The Morgan fingerprint density at radius 1 is 1.17 bits per heavy atom. The number of anilines is 1. The number of benzene rings is 2. The summed E-state index contributed by atoms with van der Waals surface area (Å²) in [6, 6.07) is 10.8. The van der Waals surface area contributed by atoms with Gasteiger partial charge in [-0.3, -0.25) is 9.36 Å². The van der Waals surface area contributed by atoms with Crippen LogP contribution in [-0.2, 0) is 11.3 Å². The SMILES string of the molecule is Cc1c(Br)ccc(NC(=O)Cn2c(=O)oc3ccccc32)c1C. The van der Waals surface area contributed by atoms with Crippen molar-refractivity contribution < 1.29 is 9.21 Å². The highest BCUT2D eigenvalue weighted by atomic mass is 79.9. The molecule has 0 bridgehead atoms. The summed E-state index contributed by atoms with van der Waals surface area (Å²) in [5, 5.41) is 2.85. The first-order valence-electron chi connectivity index (χ1n) is 7.11. The third kappa shape index (κ3) is 2.94. The molecule has 118 valence electrons. The Hall–Kier alpha value is -2.34. The molecule has 0 spiro atoms. The summed E-state index contributed by atoms with van der Waals surface area (Å²) >= 11 is 3.46. The highest BCUT2D eigenvalue weighted by Gasteiger charge is 2.13. The van der Waals surface area contributed by atoms with Crippen molar-refractivity contribution in [2.75, 3.05) is 5.32 Å². The maximum atomic E-state index is 12.3. The van der Waals surface area contributed by atoms with Gasteiger partial charge >= 0.3 is 5.76 Å². The second kappa shape index (κ2) is 6.04. The second-order valence-electron chi connectivity index (χ2n) is 5.31. The molecule has 0 aliphatic carbocycles. The fraction of sp³-hybridized carbons (Fsp3) is 0.176. The molecule has 0 fully saturated rings. The highest BCUT2D eigenvalue weighted by molar-refractivity contribution is 9.10. The van der Waals surface area contributed by atoms with E-state index in [4.69, 9.17) is 4.42 Å². The zero-order chi connectivity index (χ0) is 16.6. The number of hydrogen-bond acceptors (Lipinski definition) is 3. The number of oxazole rings is 1. The predicted octanol–water partition coefficient (Wildman–Crippen LogP) is 3.61. The van der Waals surface area contributed by atoms with E-state index in [1.165, 1.54) is 4.57 Å². The lowest BCUT2D eigenvalue weighted by Crippen LogP contribution is -2.25. The number of aromatic nitrogens is 1. The molecule has 0 aliphatic rings. The molecule has 6 heteroatoms. The summed E-state index contributed by atoms with van der Waals surface area (Å²) < 4.78 is 7.45. The Kier molecular flexibility index (Phi) is 4.09.